The predicted molar refractivity (Wildman–Crippen MR) is 100 cm³/mol. The van der Waals surface area contributed by atoms with Gasteiger partial charge in [-0.25, -0.2) is 0 Å². The Morgan fingerprint density at radius 3 is 2.40 bits per heavy atom. The van der Waals surface area contributed by atoms with Crippen molar-refractivity contribution in [2.45, 2.75) is 25.8 Å². The number of amides is 1. The first kappa shape index (κ1) is 18.6. The molecule has 0 saturated heterocycles. The SMILES string of the molecule is COc1ccc(N[C@H](C)C(=O)NC[C@H](C)c2ccccc2)c(OC)c1. The fourth-order valence-corrected chi connectivity index (χ4v) is 2.52. The topological polar surface area (TPSA) is 59.6 Å². The number of rotatable bonds is 8. The Kier molecular flexibility index (Phi) is 6.69. The zero-order valence-corrected chi connectivity index (χ0v) is 15.2. The highest BCUT2D eigenvalue weighted by Gasteiger charge is 2.16. The van der Waals surface area contributed by atoms with Gasteiger partial charge in [0.1, 0.15) is 17.5 Å². The molecule has 25 heavy (non-hydrogen) atoms. The molecule has 0 fully saturated rings. The number of carbonyl (C=O) groups is 1. The average molecular weight is 342 g/mol. The molecule has 0 saturated carbocycles. The standard InChI is InChI=1S/C20H26N2O3/c1-14(16-8-6-5-7-9-16)13-21-20(23)15(2)22-18-11-10-17(24-3)12-19(18)25-4/h5-12,14-15,22H,13H2,1-4H3,(H,21,23)/t14-,15+/m0/s1. The average Bonchev–Trinajstić information content (AvgIpc) is 2.66. The summed E-state index contributed by atoms with van der Waals surface area (Å²) in [5.41, 5.74) is 1.96. The van der Waals surface area contributed by atoms with Crippen molar-refractivity contribution in [1.82, 2.24) is 5.32 Å². The Bertz CT molecular complexity index is 689. The minimum Gasteiger partial charge on any atom is -0.497 e. The molecule has 0 aliphatic heterocycles. The number of methoxy groups -OCH3 is 2. The first-order chi connectivity index (χ1) is 12.0. The van der Waals surface area contributed by atoms with E-state index < -0.39 is 0 Å². The van der Waals surface area contributed by atoms with E-state index in [4.69, 9.17) is 9.47 Å². The molecule has 0 unspecified atom stereocenters. The molecule has 1 amide bonds. The maximum absolute atomic E-state index is 12.4. The number of ether oxygens (including phenoxy) is 2. The van der Waals surface area contributed by atoms with Crippen LogP contribution in [0.5, 0.6) is 11.5 Å². The smallest absolute Gasteiger partial charge is 0.242 e. The zero-order valence-electron chi connectivity index (χ0n) is 15.2. The number of carbonyl (C=O) groups excluding carboxylic acids is 1. The third-order valence-corrected chi connectivity index (χ3v) is 4.13. The molecule has 0 spiro atoms. The Hall–Kier alpha value is -2.69. The molecule has 0 radical (unpaired) electrons. The second-order valence-electron chi connectivity index (χ2n) is 5.99. The summed E-state index contributed by atoms with van der Waals surface area (Å²) in [6.45, 7) is 4.51. The van der Waals surface area contributed by atoms with Crippen LogP contribution < -0.4 is 20.1 Å². The Labute approximate surface area is 149 Å². The maximum Gasteiger partial charge on any atom is 0.242 e. The molecule has 0 aliphatic carbocycles. The third kappa shape index (κ3) is 5.14. The van der Waals surface area contributed by atoms with Crippen LogP contribution in [0.15, 0.2) is 48.5 Å². The van der Waals surface area contributed by atoms with Gasteiger partial charge in [-0.3, -0.25) is 4.79 Å². The van der Waals surface area contributed by atoms with Crippen LogP contribution in [-0.4, -0.2) is 32.7 Å². The fraction of sp³-hybridized carbons (Fsp3) is 0.350. The lowest BCUT2D eigenvalue weighted by molar-refractivity contribution is -0.121. The molecule has 2 rings (SSSR count). The normalized spacial score (nSPS) is 12.8. The molecule has 0 heterocycles. The molecule has 0 bridgehead atoms. The van der Waals surface area contributed by atoms with Gasteiger partial charge in [0.25, 0.3) is 0 Å². The summed E-state index contributed by atoms with van der Waals surface area (Å²) < 4.78 is 10.5. The zero-order chi connectivity index (χ0) is 18.2. The van der Waals surface area contributed by atoms with Crippen LogP contribution in [0.4, 0.5) is 5.69 Å². The highest BCUT2D eigenvalue weighted by atomic mass is 16.5. The Morgan fingerprint density at radius 1 is 1.04 bits per heavy atom. The largest absolute Gasteiger partial charge is 0.497 e. The van der Waals surface area contributed by atoms with E-state index in [-0.39, 0.29) is 17.9 Å². The van der Waals surface area contributed by atoms with Crippen LogP contribution in [0.3, 0.4) is 0 Å². The molecule has 0 aliphatic rings. The van der Waals surface area contributed by atoms with Gasteiger partial charge in [0.15, 0.2) is 0 Å². The van der Waals surface area contributed by atoms with Crippen molar-refractivity contribution in [3.05, 3.63) is 54.1 Å². The van der Waals surface area contributed by atoms with Crippen LogP contribution in [0, 0.1) is 0 Å². The second kappa shape index (κ2) is 8.97. The summed E-state index contributed by atoms with van der Waals surface area (Å²) in [4.78, 5) is 12.4. The van der Waals surface area contributed by atoms with Crippen molar-refractivity contribution in [2.24, 2.45) is 0 Å². The van der Waals surface area contributed by atoms with Crippen molar-refractivity contribution in [2.75, 3.05) is 26.1 Å². The summed E-state index contributed by atoms with van der Waals surface area (Å²) >= 11 is 0. The van der Waals surface area contributed by atoms with Crippen LogP contribution >= 0.6 is 0 Å². The van der Waals surface area contributed by atoms with E-state index >= 15 is 0 Å². The van der Waals surface area contributed by atoms with Crippen LogP contribution in [-0.2, 0) is 4.79 Å². The molecule has 0 aromatic heterocycles. The maximum atomic E-state index is 12.4. The van der Waals surface area contributed by atoms with E-state index in [1.165, 1.54) is 5.56 Å². The van der Waals surface area contributed by atoms with E-state index in [0.29, 0.717) is 18.0 Å². The van der Waals surface area contributed by atoms with Crippen LogP contribution in [0.1, 0.15) is 25.3 Å². The van der Waals surface area contributed by atoms with Gasteiger partial charge in [-0.15, -0.1) is 0 Å². The highest BCUT2D eigenvalue weighted by molar-refractivity contribution is 5.84. The molecular formula is C20H26N2O3. The molecule has 2 N–H and O–H groups in total. The highest BCUT2D eigenvalue weighted by Crippen LogP contribution is 2.29. The van der Waals surface area contributed by atoms with E-state index in [0.717, 1.165) is 5.69 Å². The van der Waals surface area contributed by atoms with Gasteiger partial charge >= 0.3 is 0 Å². The number of nitrogens with one attached hydrogen (secondary N) is 2. The molecular weight excluding hydrogens is 316 g/mol. The molecule has 5 nitrogen and oxygen atoms in total. The Balaban J connectivity index is 1.92. The first-order valence-electron chi connectivity index (χ1n) is 8.36. The van der Waals surface area contributed by atoms with Crippen molar-refractivity contribution >= 4 is 11.6 Å². The van der Waals surface area contributed by atoms with Crippen LogP contribution in [0.2, 0.25) is 0 Å². The van der Waals surface area contributed by atoms with Gasteiger partial charge in [0.05, 0.1) is 19.9 Å². The summed E-state index contributed by atoms with van der Waals surface area (Å²) in [5, 5.41) is 6.18. The molecule has 2 aromatic carbocycles. The van der Waals surface area contributed by atoms with Crippen molar-refractivity contribution < 1.29 is 14.3 Å². The quantitative estimate of drug-likeness (QED) is 0.772. The minimum atomic E-state index is -0.384. The van der Waals surface area contributed by atoms with Crippen molar-refractivity contribution in [1.29, 1.82) is 0 Å². The van der Waals surface area contributed by atoms with Gasteiger partial charge in [-0.1, -0.05) is 37.3 Å². The number of hydrogen-bond donors (Lipinski definition) is 2. The van der Waals surface area contributed by atoms with Gasteiger partial charge in [-0.05, 0) is 30.5 Å². The third-order valence-electron chi connectivity index (χ3n) is 4.13. The summed E-state index contributed by atoms with van der Waals surface area (Å²) in [6.07, 6.45) is 0. The number of hydrogen-bond acceptors (Lipinski definition) is 4. The van der Waals surface area contributed by atoms with E-state index in [1.807, 2.05) is 37.3 Å². The lowest BCUT2D eigenvalue weighted by Crippen LogP contribution is -2.39. The fourth-order valence-electron chi connectivity index (χ4n) is 2.52. The van der Waals surface area contributed by atoms with Gasteiger partial charge < -0.3 is 20.1 Å². The number of anilines is 1. The monoisotopic (exact) mass is 342 g/mol. The van der Waals surface area contributed by atoms with Crippen molar-refractivity contribution in [3.63, 3.8) is 0 Å². The summed E-state index contributed by atoms with van der Waals surface area (Å²) in [7, 11) is 3.19. The molecule has 5 heteroatoms. The second-order valence-corrected chi connectivity index (χ2v) is 5.99. The minimum absolute atomic E-state index is 0.0550. The van der Waals surface area contributed by atoms with Gasteiger partial charge in [0, 0.05) is 12.6 Å². The molecule has 134 valence electrons. The van der Waals surface area contributed by atoms with Crippen LogP contribution in [0.25, 0.3) is 0 Å². The van der Waals surface area contributed by atoms with E-state index in [2.05, 4.69) is 29.7 Å². The van der Waals surface area contributed by atoms with Crippen molar-refractivity contribution in [3.8, 4) is 11.5 Å². The van der Waals surface area contributed by atoms with E-state index in [1.54, 1.807) is 20.3 Å². The predicted octanol–water partition coefficient (Wildman–Crippen LogP) is 3.42. The lowest BCUT2D eigenvalue weighted by Gasteiger charge is -2.19. The summed E-state index contributed by atoms with van der Waals surface area (Å²) in [5.74, 6) is 1.54. The molecule has 2 atom stereocenters. The first-order valence-corrected chi connectivity index (χ1v) is 8.36. The summed E-state index contributed by atoms with van der Waals surface area (Å²) in [6, 6.07) is 15.2. The van der Waals surface area contributed by atoms with E-state index in [9.17, 15) is 4.79 Å². The Morgan fingerprint density at radius 2 is 1.76 bits per heavy atom. The lowest BCUT2D eigenvalue weighted by atomic mass is 10.0. The number of benzene rings is 2. The van der Waals surface area contributed by atoms with Gasteiger partial charge in [0.2, 0.25) is 5.91 Å². The van der Waals surface area contributed by atoms with Gasteiger partial charge in [-0.2, -0.15) is 0 Å². The molecule has 2 aromatic rings.